The molecule has 3 fully saturated rings. The van der Waals surface area contributed by atoms with Gasteiger partial charge in [0.05, 0.1) is 17.2 Å². The Labute approximate surface area is 289 Å². The highest BCUT2D eigenvalue weighted by atomic mass is 16.6. The van der Waals surface area contributed by atoms with Crippen molar-refractivity contribution in [1.29, 1.82) is 0 Å². The number of guanidine groups is 1. The third-order valence-electron chi connectivity index (χ3n) is 10.0. The molecule has 262 valence electrons. The van der Waals surface area contributed by atoms with Gasteiger partial charge in [0, 0.05) is 61.2 Å². The molecule has 0 radical (unpaired) electrons. The Bertz CT molecular complexity index is 1630. The Hall–Kier alpha value is -4.41. The zero-order valence-electron chi connectivity index (χ0n) is 29.8. The second-order valence-corrected chi connectivity index (χ2v) is 14.9. The van der Waals surface area contributed by atoms with Crippen molar-refractivity contribution in [3.63, 3.8) is 0 Å². The van der Waals surface area contributed by atoms with E-state index in [1.165, 1.54) is 5.56 Å². The zero-order valence-corrected chi connectivity index (χ0v) is 29.8. The largest absolute Gasteiger partial charge is 0.475 e. The van der Waals surface area contributed by atoms with Gasteiger partial charge < -0.3 is 19.3 Å². The van der Waals surface area contributed by atoms with Gasteiger partial charge in [-0.3, -0.25) is 25.2 Å². The number of carbonyl (C=O) groups excluding carboxylic acids is 2. The number of nitrogens with zero attached hydrogens (tertiary/aromatic N) is 5. The molecule has 3 aliphatic rings. The molecule has 0 spiro atoms. The molecule has 2 N–H and O–H groups in total. The van der Waals surface area contributed by atoms with Crippen LogP contribution in [0.3, 0.4) is 0 Å². The van der Waals surface area contributed by atoms with E-state index in [9.17, 15) is 9.59 Å². The number of aromatic nitrogens is 3. The van der Waals surface area contributed by atoms with E-state index in [0.29, 0.717) is 42.8 Å². The van der Waals surface area contributed by atoms with Crippen LogP contribution in [0.4, 0.5) is 4.79 Å². The SMILES string of the molecule is Cc1cc(C)cc(-c2[nH]nc(OCC(C)(C)C(=O)N3C4CCC3CC4)c2CCN=C(NC(=O)OC(C)C)N2CCC(c3ccncc3)C2)c1. The third-order valence-corrected chi connectivity index (χ3v) is 10.0. The molecule has 6 rings (SSSR count). The second kappa shape index (κ2) is 14.6. The average molecular weight is 670 g/mol. The maximum absolute atomic E-state index is 13.7. The highest BCUT2D eigenvalue weighted by molar-refractivity contribution is 5.94. The van der Waals surface area contributed by atoms with Crippen molar-refractivity contribution in [2.75, 3.05) is 26.2 Å². The molecule has 2 amide bonds. The predicted octanol–water partition coefficient (Wildman–Crippen LogP) is 6.17. The molecule has 3 saturated heterocycles. The first-order chi connectivity index (χ1) is 23.5. The summed E-state index contributed by atoms with van der Waals surface area (Å²) in [5.41, 5.74) is 5.59. The molecule has 49 heavy (non-hydrogen) atoms. The van der Waals surface area contributed by atoms with E-state index in [1.54, 1.807) is 0 Å². The van der Waals surface area contributed by atoms with Crippen LogP contribution in [0, 0.1) is 19.3 Å². The van der Waals surface area contributed by atoms with Crippen LogP contribution in [0.2, 0.25) is 0 Å². The van der Waals surface area contributed by atoms with Crippen LogP contribution < -0.4 is 10.1 Å². The van der Waals surface area contributed by atoms with Crippen LogP contribution in [0.15, 0.2) is 47.7 Å². The number of rotatable bonds is 10. The maximum Gasteiger partial charge on any atom is 0.414 e. The summed E-state index contributed by atoms with van der Waals surface area (Å²) in [6.07, 6.45) is 8.70. The highest BCUT2D eigenvalue weighted by Gasteiger charge is 2.46. The van der Waals surface area contributed by atoms with Gasteiger partial charge in [0.15, 0.2) is 0 Å². The van der Waals surface area contributed by atoms with Gasteiger partial charge in [-0.05, 0) is 110 Å². The van der Waals surface area contributed by atoms with Gasteiger partial charge in [0.25, 0.3) is 0 Å². The Morgan fingerprint density at radius 3 is 2.37 bits per heavy atom. The van der Waals surface area contributed by atoms with Crippen LogP contribution in [0.1, 0.15) is 88.0 Å². The molecule has 1 unspecified atom stereocenters. The maximum atomic E-state index is 13.7. The normalized spacial score (nSPS) is 20.7. The van der Waals surface area contributed by atoms with Crippen molar-refractivity contribution < 1.29 is 19.1 Å². The lowest BCUT2D eigenvalue weighted by molar-refractivity contribution is -0.143. The number of aryl methyl sites for hydroxylation is 2. The van der Waals surface area contributed by atoms with E-state index >= 15 is 0 Å². The van der Waals surface area contributed by atoms with E-state index in [2.05, 4.69) is 62.3 Å². The van der Waals surface area contributed by atoms with Crippen LogP contribution in [-0.2, 0) is 16.0 Å². The summed E-state index contributed by atoms with van der Waals surface area (Å²) < 4.78 is 11.8. The number of likely N-dealkylation sites (tertiary alicyclic amines) is 1. The smallest absolute Gasteiger partial charge is 0.414 e. The Balaban J connectivity index is 1.23. The lowest BCUT2D eigenvalue weighted by atomic mass is 9.92. The van der Waals surface area contributed by atoms with Crippen molar-refractivity contribution in [2.45, 2.75) is 104 Å². The van der Waals surface area contributed by atoms with Gasteiger partial charge in [-0.25, -0.2) is 4.79 Å². The molecular formula is C38H51N7O4. The average Bonchev–Trinajstić information content (AvgIpc) is 3.87. The van der Waals surface area contributed by atoms with Crippen molar-refractivity contribution in [3.8, 4) is 17.1 Å². The number of alkyl carbamates (subject to hydrolysis) is 1. The molecular weight excluding hydrogens is 618 g/mol. The Kier molecular flexibility index (Phi) is 10.3. The number of aromatic amines is 1. The van der Waals surface area contributed by atoms with E-state index < -0.39 is 11.5 Å². The lowest BCUT2D eigenvalue weighted by Gasteiger charge is -2.32. The third kappa shape index (κ3) is 7.92. The van der Waals surface area contributed by atoms with Crippen molar-refractivity contribution in [1.82, 2.24) is 30.3 Å². The quantitative estimate of drug-likeness (QED) is 0.195. The van der Waals surface area contributed by atoms with Crippen LogP contribution >= 0.6 is 0 Å². The fourth-order valence-electron chi connectivity index (χ4n) is 7.65. The number of H-pyrrole nitrogens is 1. The molecule has 2 aromatic heterocycles. The first-order valence-corrected chi connectivity index (χ1v) is 17.8. The molecule has 0 aliphatic carbocycles. The van der Waals surface area contributed by atoms with E-state index in [0.717, 1.165) is 73.1 Å². The summed E-state index contributed by atoms with van der Waals surface area (Å²) in [4.78, 5) is 39.8. The molecule has 1 aromatic carbocycles. The minimum atomic E-state index is -0.700. The van der Waals surface area contributed by atoms with Gasteiger partial charge in [-0.1, -0.05) is 17.2 Å². The lowest BCUT2D eigenvalue weighted by Crippen LogP contribution is -2.46. The number of carbonyl (C=O) groups is 2. The number of pyridine rings is 1. The summed E-state index contributed by atoms with van der Waals surface area (Å²) in [7, 11) is 0. The minimum Gasteiger partial charge on any atom is -0.475 e. The summed E-state index contributed by atoms with van der Waals surface area (Å²) >= 11 is 0. The molecule has 11 nitrogen and oxygen atoms in total. The molecule has 3 aliphatic heterocycles. The van der Waals surface area contributed by atoms with E-state index in [-0.39, 0.29) is 18.6 Å². The molecule has 5 heterocycles. The number of hydrogen-bond acceptors (Lipinski definition) is 7. The molecule has 11 heteroatoms. The summed E-state index contributed by atoms with van der Waals surface area (Å²) in [5, 5.41) is 10.8. The van der Waals surface area contributed by atoms with Crippen LogP contribution in [0.5, 0.6) is 5.88 Å². The summed E-state index contributed by atoms with van der Waals surface area (Å²) in [5.74, 6) is 1.44. The number of ether oxygens (including phenoxy) is 2. The fourth-order valence-corrected chi connectivity index (χ4v) is 7.65. The van der Waals surface area contributed by atoms with Crippen molar-refractivity contribution in [2.24, 2.45) is 10.4 Å². The first kappa shape index (κ1) is 34.5. The number of fused-ring (bicyclic) bond motifs is 2. The summed E-state index contributed by atoms with van der Waals surface area (Å²) in [6, 6.07) is 11.2. The summed E-state index contributed by atoms with van der Waals surface area (Å²) in [6.45, 7) is 13.8. The number of hydrogen-bond donors (Lipinski definition) is 2. The second-order valence-electron chi connectivity index (χ2n) is 14.9. The zero-order chi connectivity index (χ0) is 34.7. The Morgan fingerprint density at radius 2 is 1.71 bits per heavy atom. The van der Waals surface area contributed by atoms with Crippen molar-refractivity contribution >= 4 is 18.0 Å². The molecule has 0 saturated carbocycles. The standard InChI is InChI=1S/C38H51N7O4/c1-24(2)49-37(47)41-36(44-18-14-28(22-44)27-11-15-39-16-12-27)40-17-13-32-33(29-20-25(3)19-26(4)21-29)42-43-34(32)48-23-38(5,6)35(46)45-30-7-8-31(45)10-9-30/h11-12,15-16,19-21,24,28,30-31H,7-10,13-14,17-18,22-23H2,1-6H3,(H,42,43)(H,40,41,47). The first-order valence-electron chi connectivity index (χ1n) is 17.8. The molecule has 2 bridgehead atoms. The van der Waals surface area contributed by atoms with Gasteiger partial charge in [0.1, 0.15) is 6.61 Å². The van der Waals surface area contributed by atoms with Crippen molar-refractivity contribution in [3.05, 3.63) is 65.0 Å². The molecule has 3 aromatic rings. The Morgan fingerprint density at radius 1 is 1.04 bits per heavy atom. The monoisotopic (exact) mass is 669 g/mol. The van der Waals surface area contributed by atoms with Gasteiger partial charge in [-0.15, -0.1) is 5.10 Å². The predicted molar refractivity (Wildman–Crippen MR) is 190 cm³/mol. The highest BCUT2D eigenvalue weighted by Crippen LogP contribution is 2.40. The van der Waals surface area contributed by atoms with Gasteiger partial charge >= 0.3 is 6.09 Å². The van der Waals surface area contributed by atoms with E-state index in [4.69, 9.17) is 14.5 Å². The molecule has 1 atom stereocenters. The number of amides is 2. The number of benzene rings is 1. The van der Waals surface area contributed by atoms with Crippen LogP contribution in [0.25, 0.3) is 11.3 Å². The van der Waals surface area contributed by atoms with Gasteiger partial charge in [-0.2, -0.15) is 0 Å². The topological polar surface area (TPSA) is 125 Å². The van der Waals surface area contributed by atoms with Crippen LogP contribution in [-0.4, -0.2) is 87.4 Å². The number of aliphatic imine (C=N–C) groups is 1. The number of nitrogens with one attached hydrogen (secondary N) is 2. The fraction of sp³-hybridized carbons (Fsp3) is 0.553. The van der Waals surface area contributed by atoms with Gasteiger partial charge in [0.2, 0.25) is 17.7 Å². The van der Waals surface area contributed by atoms with E-state index in [1.807, 2.05) is 52.2 Å². The minimum absolute atomic E-state index is 0.161.